The highest BCUT2D eigenvalue weighted by Crippen LogP contribution is 2.32. The second-order valence-electron chi connectivity index (χ2n) is 7.15. The van der Waals surface area contributed by atoms with Crippen LogP contribution in [-0.4, -0.2) is 35.2 Å². The van der Waals surface area contributed by atoms with Crippen molar-refractivity contribution in [2.45, 2.75) is 26.8 Å². The number of carbonyl (C=O) groups is 2. The highest BCUT2D eigenvalue weighted by atomic mass is 35.5. The molecule has 0 fully saturated rings. The average molecular weight is 507 g/mol. The first-order valence-electron chi connectivity index (χ1n) is 10.3. The lowest BCUT2D eigenvalue weighted by Crippen LogP contribution is -2.47. The molecule has 2 aromatic rings. The van der Waals surface area contributed by atoms with Crippen molar-refractivity contribution in [1.82, 2.24) is 10.2 Å². The Morgan fingerprint density at radius 1 is 1.12 bits per heavy atom. The number of halogens is 2. The quantitative estimate of drug-likeness (QED) is 0.343. The second-order valence-corrected chi connectivity index (χ2v) is 8.32. The van der Waals surface area contributed by atoms with Gasteiger partial charge in [0, 0.05) is 17.9 Å². The number of anilines is 2. The van der Waals surface area contributed by atoms with E-state index in [1.165, 1.54) is 0 Å². The molecule has 1 aliphatic rings. The number of esters is 1. The van der Waals surface area contributed by atoms with Crippen LogP contribution in [0.5, 0.6) is 0 Å². The topological polar surface area (TPSA) is 82.7 Å². The van der Waals surface area contributed by atoms with E-state index >= 15 is 0 Å². The van der Waals surface area contributed by atoms with Crippen molar-refractivity contribution in [3.05, 3.63) is 69.3 Å². The molecule has 1 atom stereocenters. The van der Waals surface area contributed by atoms with Crippen molar-refractivity contribution in [3.8, 4) is 0 Å². The van der Waals surface area contributed by atoms with Gasteiger partial charge in [-0.05, 0) is 62.8 Å². The Balaban J connectivity index is 1.79. The zero-order valence-corrected chi connectivity index (χ0v) is 20.7. The molecule has 0 bridgehead atoms. The fourth-order valence-corrected chi connectivity index (χ4v) is 4.26. The normalized spacial score (nSPS) is 15.7. The van der Waals surface area contributed by atoms with Gasteiger partial charge in [-0.2, -0.15) is 0 Å². The fraction of sp³-hybridized carbons (Fsp3) is 0.261. The number of hydrogen-bond donors (Lipinski definition) is 3. The van der Waals surface area contributed by atoms with Gasteiger partial charge in [-0.1, -0.05) is 41.4 Å². The van der Waals surface area contributed by atoms with Crippen LogP contribution in [0, 0.1) is 0 Å². The second kappa shape index (κ2) is 10.9. The summed E-state index contributed by atoms with van der Waals surface area (Å²) in [5, 5.41) is 9.79. The van der Waals surface area contributed by atoms with Crippen molar-refractivity contribution >= 4 is 63.9 Å². The lowest BCUT2D eigenvalue weighted by atomic mass is 9.95. The third kappa shape index (κ3) is 5.58. The predicted molar refractivity (Wildman–Crippen MR) is 136 cm³/mol. The molecule has 174 valence electrons. The summed E-state index contributed by atoms with van der Waals surface area (Å²) in [7, 11) is 0. The SMILES string of the molecule is CCOC(=O)C1=C(C)N(CC)C(=S)NC1c1ccc(NC(=O)Nc2cccc(Cl)c2Cl)cc1. The van der Waals surface area contributed by atoms with Gasteiger partial charge in [0.2, 0.25) is 0 Å². The van der Waals surface area contributed by atoms with Gasteiger partial charge >= 0.3 is 12.0 Å². The number of nitrogens with one attached hydrogen (secondary N) is 3. The summed E-state index contributed by atoms with van der Waals surface area (Å²) in [6.07, 6.45) is 0. The van der Waals surface area contributed by atoms with E-state index in [4.69, 9.17) is 40.2 Å². The zero-order chi connectivity index (χ0) is 24.1. The summed E-state index contributed by atoms with van der Waals surface area (Å²) >= 11 is 17.6. The molecule has 33 heavy (non-hydrogen) atoms. The summed E-state index contributed by atoms with van der Waals surface area (Å²) in [5.74, 6) is -0.395. The molecule has 0 spiro atoms. The molecule has 0 saturated heterocycles. The zero-order valence-electron chi connectivity index (χ0n) is 18.4. The van der Waals surface area contributed by atoms with E-state index in [1.807, 2.05) is 30.9 Å². The van der Waals surface area contributed by atoms with E-state index in [9.17, 15) is 9.59 Å². The van der Waals surface area contributed by atoms with E-state index in [0.29, 0.717) is 33.6 Å². The number of amides is 2. The molecule has 0 radical (unpaired) electrons. The Kier molecular flexibility index (Phi) is 8.18. The third-order valence-electron chi connectivity index (χ3n) is 5.11. The van der Waals surface area contributed by atoms with Gasteiger partial charge in [-0.15, -0.1) is 0 Å². The molecule has 0 saturated carbocycles. The molecule has 2 aromatic carbocycles. The Morgan fingerprint density at radius 3 is 2.45 bits per heavy atom. The minimum atomic E-state index is -0.467. The van der Waals surface area contributed by atoms with Crippen LogP contribution in [0.1, 0.15) is 32.4 Å². The number of thiocarbonyl (C=S) groups is 1. The van der Waals surface area contributed by atoms with Gasteiger partial charge in [-0.3, -0.25) is 0 Å². The average Bonchev–Trinajstić information content (AvgIpc) is 2.77. The smallest absolute Gasteiger partial charge is 0.338 e. The number of benzene rings is 2. The lowest BCUT2D eigenvalue weighted by Gasteiger charge is -2.37. The number of allylic oxidation sites excluding steroid dienone is 1. The van der Waals surface area contributed by atoms with Crippen LogP contribution >= 0.6 is 35.4 Å². The monoisotopic (exact) mass is 506 g/mol. The summed E-state index contributed by atoms with van der Waals surface area (Å²) in [5.41, 5.74) is 3.02. The van der Waals surface area contributed by atoms with E-state index in [0.717, 1.165) is 11.3 Å². The summed E-state index contributed by atoms with van der Waals surface area (Å²) in [4.78, 5) is 27.0. The molecule has 2 amide bonds. The molecule has 7 nitrogen and oxygen atoms in total. The number of hydrogen-bond acceptors (Lipinski definition) is 4. The maximum absolute atomic E-state index is 12.7. The van der Waals surface area contributed by atoms with Crippen LogP contribution in [0.2, 0.25) is 10.0 Å². The van der Waals surface area contributed by atoms with Crippen LogP contribution in [-0.2, 0) is 9.53 Å². The minimum Gasteiger partial charge on any atom is -0.463 e. The van der Waals surface area contributed by atoms with E-state index < -0.39 is 18.0 Å². The molecular formula is C23H24Cl2N4O3S. The molecule has 10 heteroatoms. The number of carbonyl (C=O) groups excluding carboxylic acids is 2. The van der Waals surface area contributed by atoms with Gasteiger partial charge in [0.05, 0.1) is 34.0 Å². The number of urea groups is 1. The van der Waals surface area contributed by atoms with Crippen LogP contribution in [0.3, 0.4) is 0 Å². The number of rotatable bonds is 6. The molecule has 0 aliphatic carbocycles. The van der Waals surface area contributed by atoms with E-state index in [-0.39, 0.29) is 11.6 Å². The molecule has 1 heterocycles. The molecule has 3 N–H and O–H groups in total. The summed E-state index contributed by atoms with van der Waals surface area (Å²) in [6, 6.07) is 11.2. The van der Waals surface area contributed by atoms with Crippen molar-refractivity contribution in [1.29, 1.82) is 0 Å². The highest BCUT2D eigenvalue weighted by Gasteiger charge is 2.34. The predicted octanol–water partition coefficient (Wildman–Crippen LogP) is 5.73. The van der Waals surface area contributed by atoms with Crippen LogP contribution < -0.4 is 16.0 Å². The first-order valence-corrected chi connectivity index (χ1v) is 11.5. The summed E-state index contributed by atoms with van der Waals surface area (Å²) in [6.45, 7) is 6.48. The van der Waals surface area contributed by atoms with Gasteiger partial charge in [0.25, 0.3) is 0 Å². The third-order valence-corrected chi connectivity index (χ3v) is 6.27. The van der Waals surface area contributed by atoms with Crippen molar-refractivity contribution < 1.29 is 14.3 Å². The van der Waals surface area contributed by atoms with Gasteiger partial charge < -0.3 is 25.6 Å². The Hall–Kier alpha value is -2.81. The van der Waals surface area contributed by atoms with E-state index in [2.05, 4.69) is 16.0 Å². The maximum atomic E-state index is 12.7. The molecular weight excluding hydrogens is 483 g/mol. The maximum Gasteiger partial charge on any atom is 0.338 e. The standard InChI is InChI=1S/C23H24Cl2N4O3S/c1-4-29-13(3)18(21(30)32-5-2)20(28-23(29)33)14-9-11-15(12-10-14)26-22(31)27-17-8-6-7-16(24)19(17)25/h6-12,20H,4-5H2,1-3H3,(H,28,33)(H2,26,27,31). The first kappa shape index (κ1) is 24.8. The molecule has 3 rings (SSSR count). The van der Waals surface area contributed by atoms with Crippen LogP contribution in [0.25, 0.3) is 0 Å². The largest absolute Gasteiger partial charge is 0.463 e. The summed E-state index contributed by atoms with van der Waals surface area (Å²) < 4.78 is 5.29. The molecule has 0 aromatic heterocycles. The van der Waals surface area contributed by atoms with Crippen LogP contribution in [0.4, 0.5) is 16.2 Å². The van der Waals surface area contributed by atoms with Crippen LogP contribution in [0.15, 0.2) is 53.7 Å². The van der Waals surface area contributed by atoms with Gasteiger partial charge in [0.15, 0.2) is 5.11 Å². The Bertz CT molecular complexity index is 1110. The minimum absolute atomic E-state index is 0.263. The van der Waals surface area contributed by atoms with E-state index in [1.54, 1.807) is 37.3 Å². The van der Waals surface area contributed by atoms with Crippen molar-refractivity contribution in [2.24, 2.45) is 0 Å². The molecule has 1 aliphatic heterocycles. The lowest BCUT2D eigenvalue weighted by molar-refractivity contribution is -0.139. The Morgan fingerprint density at radius 2 is 1.82 bits per heavy atom. The molecule has 1 unspecified atom stereocenters. The first-order chi connectivity index (χ1) is 15.8. The number of ether oxygens (including phenoxy) is 1. The number of nitrogens with zero attached hydrogens (tertiary/aromatic N) is 1. The van der Waals surface area contributed by atoms with Gasteiger partial charge in [-0.25, -0.2) is 9.59 Å². The van der Waals surface area contributed by atoms with Crippen molar-refractivity contribution in [2.75, 3.05) is 23.8 Å². The fourth-order valence-electron chi connectivity index (χ4n) is 3.53. The Labute approximate surface area is 208 Å². The highest BCUT2D eigenvalue weighted by molar-refractivity contribution is 7.80. The van der Waals surface area contributed by atoms with Crippen molar-refractivity contribution in [3.63, 3.8) is 0 Å². The van der Waals surface area contributed by atoms with Gasteiger partial charge in [0.1, 0.15) is 0 Å².